The van der Waals surface area contributed by atoms with Gasteiger partial charge in [-0.3, -0.25) is 8.98 Å². The lowest BCUT2D eigenvalue weighted by atomic mass is 10.2. The Hall–Kier alpha value is -1.31. The van der Waals surface area contributed by atoms with Crippen LogP contribution in [0.3, 0.4) is 0 Å². The van der Waals surface area contributed by atoms with Crippen LogP contribution in [0, 0.1) is 0 Å². The molecule has 112 valence electrons. The second-order valence-electron chi connectivity index (χ2n) is 4.11. The lowest BCUT2D eigenvalue weighted by Crippen LogP contribution is -2.30. The van der Waals surface area contributed by atoms with E-state index in [-0.39, 0.29) is 6.61 Å². The predicted molar refractivity (Wildman–Crippen MR) is 78.7 cm³/mol. The summed E-state index contributed by atoms with van der Waals surface area (Å²) >= 11 is 5.72. The van der Waals surface area contributed by atoms with Gasteiger partial charge in [0.25, 0.3) is 10.1 Å². The van der Waals surface area contributed by atoms with Crippen LogP contribution in [0.25, 0.3) is 0 Å². The summed E-state index contributed by atoms with van der Waals surface area (Å²) in [6, 6.07) is 6.67. The molecule has 20 heavy (non-hydrogen) atoms. The number of carbonyl (C=O) groups is 1. The Morgan fingerprint density at radius 1 is 1.30 bits per heavy atom. The monoisotopic (exact) mass is 320 g/mol. The third-order valence-corrected chi connectivity index (χ3v) is 3.29. The van der Waals surface area contributed by atoms with Crippen LogP contribution >= 0.6 is 11.6 Å². The van der Waals surface area contributed by atoms with Gasteiger partial charge in [0.2, 0.25) is 5.91 Å². The first-order valence-electron chi connectivity index (χ1n) is 5.88. The molecule has 0 radical (unpaired) electrons. The summed E-state index contributed by atoms with van der Waals surface area (Å²) in [5.41, 5.74) is 6.39. The molecule has 0 atom stereocenters. The topological polar surface area (TPSA) is 89.7 Å². The first kappa shape index (κ1) is 16.7. The number of benzene rings is 1. The van der Waals surface area contributed by atoms with Crippen LogP contribution in [-0.4, -0.2) is 46.2 Å². The van der Waals surface area contributed by atoms with E-state index in [1.165, 1.54) is 0 Å². The fourth-order valence-corrected chi connectivity index (χ4v) is 2.19. The highest BCUT2D eigenvalue weighted by atomic mass is 35.5. The van der Waals surface area contributed by atoms with Crippen LogP contribution in [0.1, 0.15) is 10.4 Å². The van der Waals surface area contributed by atoms with Crippen molar-refractivity contribution < 1.29 is 17.4 Å². The number of anilines is 1. The first-order valence-corrected chi connectivity index (χ1v) is 8.24. The fourth-order valence-electron chi connectivity index (χ4n) is 1.61. The summed E-state index contributed by atoms with van der Waals surface area (Å²) in [4.78, 5) is 12.9. The molecule has 1 amide bonds. The molecule has 0 aliphatic heterocycles. The number of carbonyl (C=O) groups excluding carboxylic acids is 1. The van der Waals surface area contributed by atoms with Gasteiger partial charge in [0, 0.05) is 30.2 Å². The largest absolute Gasteiger partial charge is 0.368 e. The van der Waals surface area contributed by atoms with Crippen LogP contribution in [0.2, 0.25) is 0 Å². The van der Waals surface area contributed by atoms with E-state index in [9.17, 15) is 13.2 Å². The van der Waals surface area contributed by atoms with Crippen molar-refractivity contribution in [3.63, 3.8) is 0 Å². The average Bonchev–Trinajstić information content (AvgIpc) is 2.36. The van der Waals surface area contributed by atoms with Gasteiger partial charge in [-0.1, -0.05) is 0 Å². The summed E-state index contributed by atoms with van der Waals surface area (Å²) in [5.74, 6) is -0.114. The molecule has 1 rings (SSSR count). The maximum atomic E-state index is 11.0. The van der Waals surface area contributed by atoms with E-state index < -0.39 is 16.0 Å². The Balaban J connectivity index is 2.72. The Morgan fingerprint density at radius 2 is 1.90 bits per heavy atom. The Bertz CT molecular complexity index is 545. The molecule has 0 unspecified atom stereocenters. The number of nitrogens with two attached hydrogens (primary N) is 1. The van der Waals surface area contributed by atoms with Gasteiger partial charge in [0.1, 0.15) is 0 Å². The van der Waals surface area contributed by atoms with Crippen molar-refractivity contribution in [3.05, 3.63) is 29.8 Å². The number of amides is 1. The van der Waals surface area contributed by atoms with Gasteiger partial charge in [0.15, 0.2) is 0 Å². The lowest BCUT2D eigenvalue weighted by Gasteiger charge is -2.23. The normalized spacial score (nSPS) is 11.3. The molecule has 0 heterocycles. The van der Waals surface area contributed by atoms with Gasteiger partial charge in [0.05, 0.1) is 12.9 Å². The number of primary amides is 1. The minimum Gasteiger partial charge on any atom is -0.368 e. The van der Waals surface area contributed by atoms with Crippen molar-refractivity contribution >= 4 is 33.3 Å². The molecule has 0 saturated carbocycles. The lowest BCUT2D eigenvalue weighted by molar-refractivity contribution is 0.100. The van der Waals surface area contributed by atoms with Crippen molar-refractivity contribution in [1.82, 2.24) is 0 Å². The molecule has 6 nitrogen and oxygen atoms in total. The minimum atomic E-state index is -3.46. The van der Waals surface area contributed by atoms with E-state index in [2.05, 4.69) is 0 Å². The highest BCUT2D eigenvalue weighted by Gasteiger charge is 2.09. The van der Waals surface area contributed by atoms with Crippen LogP contribution in [0.15, 0.2) is 24.3 Å². The van der Waals surface area contributed by atoms with E-state index in [0.717, 1.165) is 11.9 Å². The maximum absolute atomic E-state index is 11.0. The highest BCUT2D eigenvalue weighted by Crippen LogP contribution is 2.15. The van der Waals surface area contributed by atoms with Crippen LogP contribution in [0.5, 0.6) is 0 Å². The van der Waals surface area contributed by atoms with Crippen molar-refractivity contribution in [3.8, 4) is 0 Å². The van der Waals surface area contributed by atoms with E-state index >= 15 is 0 Å². The summed E-state index contributed by atoms with van der Waals surface area (Å²) in [6.07, 6.45) is 1.00. The van der Waals surface area contributed by atoms with Gasteiger partial charge in [-0.2, -0.15) is 8.42 Å². The second kappa shape index (κ2) is 7.47. The third-order valence-electron chi connectivity index (χ3n) is 2.53. The second-order valence-corrected chi connectivity index (χ2v) is 6.14. The molecule has 0 spiro atoms. The quantitative estimate of drug-likeness (QED) is 0.565. The van der Waals surface area contributed by atoms with Crippen molar-refractivity contribution in [2.24, 2.45) is 5.73 Å². The van der Waals surface area contributed by atoms with E-state index in [1.54, 1.807) is 24.3 Å². The molecule has 0 aliphatic carbocycles. The highest BCUT2D eigenvalue weighted by molar-refractivity contribution is 7.85. The standard InChI is InChI=1S/C12H17ClN2O4S/c1-20(17,18)19-9-8-15(7-6-13)11-4-2-10(3-5-11)12(14)16/h2-5H,6-9H2,1H3,(H2,14,16). The van der Waals surface area contributed by atoms with E-state index in [4.69, 9.17) is 21.5 Å². The maximum Gasteiger partial charge on any atom is 0.264 e. The van der Waals surface area contributed by atoms with Crippen LogP contribution in [0.4, 0.5) is 5.69 Å². The van der Waals surface area contributed by atoms with Gasteiger partial charge in [-0.25, -0.2) is 0 Å². The van der Waals surface area contributed by atoms with Gasteiger partial charge in [-0.15, -0.1) is 11.6 Å². The van der Waals surface area contributed by atoms with Crippen LogP contribution in [-0.2, 0) is 14.3 Å². The SMILES string of the molecule is CS(=O)(=O)OCCN(CCCl)c1ccc(C(N)=O)cc1. The third kappa shape index (κ3) is 5.77. The summed E-state index contributed by atoms with van der Waals surface area (Å²) in [7, 11) is -3.46. The molecule has 0 aromatic heterocycles. The Kier molecular flexibility index (Phi) is 6.25. The number of hydrogen-bond acceptors (Lipinski definition) is 5. The van der Waals surface area contributed by atoms with Crippen molar-refractivity contribution in [1.29, 1.82) is 0 Å². The summed E-state index contributed by atoms with van der Waals surface area (Å²) in [5, 5.41) is 0. The molecular formula is C12H17ClN2O4S. The number of hydrogen-bond donors (Lipinski definition) is 1. The Labute approximate surface area is 123 Å². The molecule has 2 N–H and O–H groups in total. The molecule has 0 fully saturated rings. The predicted octanol–water partition coefficient (Wildman–Crippen LogP) is 0.807. The van der Waals surface area contributed by atoms with E-state index in [1.807, 2.05) is 4.90 Å². The van der Waals surface area contributed by atoms with Crippen molar-refractivity contribution in [2.75, 3.05) is 36.7 Å². The van der Waals surface area contributed by atoms with Crippen molar-refractivity contribution in [2.45, 2.75) is 0 Å². The summed E-state index contributed by atoms with van der Waals surface area (Å²) in [6.45, 7) is 0.938. The van der Waals surface area contributed by atoms with Crippen LogP contribution < -0.4 is 10.6 Å². The fraction of sp³-hybridized carbons (Fsp3) is 0.417. The number of nitrogens with zero attached hydrogens (tertiary/aromatic N) is 1. The zero-order valence-corrected chi connectivity index (χ0v) is 12.7. The average molecular weight is 321 g/mol. The number of alkyl halides is 1. The van der Waals surface area contributed by atoms with Gasteiger partial charge >= 0.3 is 0 Å². The minimum absolute atomic E-state index is 0.0350. The zero-order valence-electron chi connectivity index (χ0n) is 11.1. The first-order chi connectivity index (χ1) is 9.33. The number of halogens is 1. The molecule has 0 saturated heterocycles. The smallest absolute Gasteiger partial charge is 0.264 e. The Morgan fingerprint density at radius 3 is 2.35 bits per heavy atom. The van der Waals surface area contributed by atoms with E-state index in [0.29, 0.717) is 24.5 Å². The van der Waals surface area contributed by atoms with Gasteiger partial charge < -0.3 is 10.6 Å². The molecule has 8 heteroatoms. The molecule has 1 aromatic rings. The molecule has 0 aliphatic rings. The van der Waals surface area contributed by atoms with Gasteiger partial charge in [-0.05, 0) is 24.3 Å². The zero-order chi connectivity index (χ0) is 15.2. The molecule has 1 aromatic carbocycles. The number of rotatable bonds is 8. The summed E-state index contributed by atoms with van der Waals surface area (Å²) < 4.78 is 26.5. The molecule has 0 bridgehead atoms. The molecular weight excluding hydrogens is 304 g/mol.